The van der Waals surface area contributed by atoms with Gasteiger partial charge in [0.05, 0.1) is 12.3 Å². The fourth-order valence-corrected chi connectivity index (χ4v) is 1.98. The summed E-state index contributed by atoms with van der Waals surface area (Å²) in [6.07, 6.45) is 0. The van der Waals surface area contributed by atoms with Gasteiger partial charge in [-0.3, -0.25) is 0 Å². The first-order chi connectivity index (χ1) is 10.0. The summed E-state index contributed by atoms with van der Waals surface area (Å²) in [5, 5.41) is 3.38. The molecule has 0 bridgehead atoms. The minimum absolute atomic E-state index is 0.0105. The summed E-state index contributed by atoms with van der Waals surface area (Å²) in [4.78, 5) is 0. The fourth-order valence-electron chi connectivity index (χ4n) is 1.81. The van der Waals surface area contributed by atoms with E-state index in [9.17, 15) is 13.2 Å². The number of anilines is 1. The van der Waals surface area contributed by atoms with Crippen LogP contribution < -0.4 is 10.1 Å². The van der Waals surface area contributed by atoms with Gasteiger partial charge in [-0.1, -0.05) is 11.6 Å². The van der Waals surface area contributed by atoms with Gasteiger partial charge in [0.2, 0.25) is 0 Å². The molecule has 0 aliphatic heterocycles. The number of benzene rings is 2. The van der Waals surface area contributed by atoms with Crippen LogP contribution in [-0.2, 0) is 6.54 Å². The van der Waals surface area contributed by atoms with Crippen molar-refractivity contribution in [3.63, 3.8) is 0 Å². The summed E-state index contributed by atoms with van der Waals surface area (Å²) in [5.74, 6) is -2.58. The number of ether oxygens (including phenoxy) is 1. The Morgan fingerprint density at radius 3 is 2.48 bits per heavy atom. The van der Waals surface area contributed by atoms with Crippen LogP contribution in [0, 0.1) is 17.5 Å². The second-order valence-corrected chi connectivity index (χ2v) is 4.72. The van der Waals surface area contributed by atoms with E-state index >= 15 is 0 Å². The Labute approximate surface area is 125 Å². The van der Waals surface area contributed by atoms with Crippen molar-refractivity contribution in [2.75, 3.05) is 11.9 Å². The van der Waals surface area contributed by atoms with Gasteiger partial charge in [-0.15, -0.1) is 0 Å². The standard InChI is InChI=1S/C15H13ClF3NO/c1-2-21-15-4-3-10(16)6-14(15)20-8-9-5-12(18)13(19)7-11(9)17/h3-7,20H,2,8H2,1H3. The summed E-state index contributed by atoms with van der Waals surface area (Å²) >= 11 is 5.90. The number of nitrogens with one attached hydrogen (secondary N) is 1. The summed E-state index contributed by atoms with van der Waals surface area (Å²) in [7, 11) is 0. The van der Waals surface area contributed by atoms with Crippen LogP contribution >= 0.6 is 11.6 Å². The Morgan fingerprint density at radius 1 is 1.05 bits per heavy atom. The second-order valence-electron chi connectivity index (χ2n) is 4.28. The van der Waals surface area contributed by atoms with Crippen molar-refractivity contribution < 1.29 is 17.9 Å². The third-order valence-electron chi connectivity index (χ3n) is 2.80. The van der Waals surface area contributed by atoms with Crippen molar-refractivity contribution in [2.45, 2.75) is 13.5 Å². The van der Waals surface area contributed by atoms with Gasteiger partial charge in [0, 0.05) is 23.2 Å². The van der Waals surface area contributed by atoms with Crippen LogP contribution in [0.25, 0.3) is 0 Å². The first-order valence-electron chi connectivity index (χ1n) is 6.31. The molecule has 2 aromatic carbocycles. The molecule has 0 atom stereocenters. The predicted molar refractivity (Wildman–Crippen MR) is 76.3 cm³/mol. The molecule has 0 heterocycles. The molecule has 0 aromatic heterocycles. The zero-order valence-electron chi connectivity index (χ0n) is 11.2. The molecule has 0 aliphatic rings. The molecular weight excluding hydrogens is 303 g/mol. The van der Waals surface area contributed by atoms with E-state index in [0.717, 1.165) is 6.07 Å². The highest BCUT2D eigenvalue weighted by atomic mass is 35.5. The Balaban J connectivity index is 2.20. The zero-order chi connectivity index (χ0) is 15.4. The maximum atomic E-state index is 13.6. The van der Waals surface area contributed by atoms with Gasteiger partial charge in [-0.2, -0.15) is 0 Å². The molecule has 112 valence electrons. The molecule has 21 heavy (non-hydrogen) atoms. The maximum absolute atomic E-state index is 13.6. The van der Waals surface area contributed by atoms with Gasteiger partial charge in [-0.05, 0) is 31.2 Å². The van der Waals surface area contributed by atoms with E-state index in [-0.39, 0.29) is 12.1 Å². The number of hydrogen-bond donors (Lipinski definition) is 1. The quantitative estimate of drug-likeness (QED) is 0.803. The molecule has 2 aromatic rings. The minimum atomic E-state index is -1.21. The molecule has 0 fully saturated rings. The van der Waals surface area contributed by atoms with Crippen molar-refractivity contribution in [1.29, 1.82) is 0 Å². The van der Waals surface area contributed by atoms with E-state index in [1.807, 2.05) is 6.92 Å². The van der Waals surface area contributed by atoms with Crippen LogP contribution in [0.2, 0.25) is 5.02 Å². The van der Waals surface area contributed by atoms with Crippen LogP contribution in [0.5, 0.6) is 5.75 Å². The number of rotatable bonds is 5. The Bertz CT molecular complexity index is 649. The van der Waals surface area contributed by atoms with Gasteiger partial charge in [-0.25, -0.2) is 13.2 Å². The first-order valence-corrected chi connectivity index (χ1v) is 6.68. The van der Waals surface area contributed by atoms with Gasteiger partial charge >= 0.3 is 0 Å². The van der Waals surface area contributed by atoms with Crippen LogP contribution in [0.15, 0.2) is 30.3 Å². The molecule has 2 rings (SSSR count). The first kappa shape index (κ1) is 15.5. The Morgan fingerprint density at radius 2 is 1.76 bits per heavy atom. The lowest BCUT2D eigenvalue weighted by atomic mass is 10.2. The third-order valence-corrected chi connectivity index (χ3v) is 3.04. The second kappa shape index (κ2) is 6.72. The molecule has 0 aliphatic carbocycles. The maximum Gasteiger partial charge on any atom is 0.161 e. The number of hydrogen-bond acceptors (Lipinski definition) is 2. The molecule has 0 spiro atoms. The number of halogens is 4. The molecule has 0 unspecified atom stereocenters. The molecule has 0 radical (unpaired) electrons. The molecule has 6 heteroatoms. The average Bonchev–Trinajstić information content (AvgIpc) is 2.44. The van der Waals surface area contributed by atoms with Crippen molar-refractivity contribution >= 4 is 17.3 Å². The lowest BCUT2D eigenvalue weighted by molar-refractivity contribution is 0.341. The average molecular weight is 316 g/mol. The third kappa shape index (κ3) is 3.82. The van der Waals surface area contributed by atoms with Crippen molar-refractivity contribution in [2.24, 2.45) is 0 Å². The van der Waals surface area contributed by atoms with Crippen molar-refractivity contribution in [3.05, 3.63) is 58.4 Å². The molecule has 2 nitrogen and oxygen atoms in total. The SMILES string of the molecule is CCOc1ccc(Cl)cc1NCc1cc(F)c(F)cc1F. The highest BCUT2D eigenvalue weighted by molar-refractivity contribution is 6.30. The van der Waals surface area contributed by atoms with Gasteiger partial charge in [0.25, 0.3) is 0 Å². The van der Waals surface area contributed by atoms with E-state index in [1.165, 1.54) is 0 Å². The van der Waals surface area contributed by atoms with Crippen LogP contribution in [-0.4, -0.2) is 6.61 Å². The highest BCUT2D eigenvalue weighted by Gasteiger charge is 2.11. The molecule has 0 saturated heterocycles. The van der Waals surface area contributed by atoms with Gasteiger partial charge < -0.3 is 10.1 Å². The fraction of sp³-hybridized carbons (Fsp3) is 0.200. The summed E-state index contributed by atoms with van der Waals surface area (Å²) in [6, 6.07) is 6.30. The summed E-state index contributed by atoms with van der Waals surface area (Å²) in [5.41, 5.74) is 0.560. The molecule has 1 N–H and O–H groups in total. The van der Waals surface area contributed by atoms with Crippen LogP contribution in [0.4, 0.5) is 18.9 Å². The summed E-state index contributed by atoms with van der Waals surface area (Å²) < 4.78 is 45.0. The lowest BCUT2D eigenvalue weighted by Gasteiger charge is -2.13. The van der Waals surface area contributed by atoms with E-state index in [0.29, 0.717) is 29.1 Å². The van der Waals surface area contributed by atoms with Crippen molar-refractivity contribution in [1.82, 2.24) is 0 Å². The monoisotopic (exact) mass is 315 g/mol. The summed E-state index contributed by atoms with van der Waals surface area (Å²) in [6.45, 7) is 2.26. The van der Waals surface area contributed by atoms with E-state index in [4.69, 9.17) is 16.3 Å². The molecule has 0 saturated carbocycles. The minimum Gasteiger partial charge on any atom is -0.492 e. The lowest BCUT2D eigenvalue weighted by Crippen LogP contribution is -2.05. The Kier molecular flexibility index (Phi) is 4.96. The molecule has 0 amide bonds. The van der Waals surface area contributed by atoms with Gasteiger partial charge in [0.1, 0.15) is 11.6 Å². The smallest absolute Gasteiger partial charge is 0.161 e. The van der Waals surface area contributed by atoms with E-state index in [1.54, 1.807) is 18.2 Å². The van der Waals surface area contributed by atoms with Crippen LogP contribution in [0.3, 0.4) is 0 Å². The Hall–Kier alpha value is -1.88. The largest absolute Gasteiger partial charge is 0.492 e. The van der Waals surface area contributed by atoms with Gasteiger partial charge in [0.15, 0.2) is 11.6 Å². The van der Waals surface area contributed by atoms with E-state index in [2.05, 4.69) is 5.32 Å². The molecular formula is C15H13ClF3NO. The predicted octanol–water partition coefficient (Wildman–Crippen LogP) is 4.77. The van der Waals surface area contributed by atoms with Crippen molar-refractivity contribution in [3.8, 4) is 5.75 Å². The van der Waals surface area contributed by atoms with Crippen LogP contribution in [0.1, 0.15) is 12.5 Å². The van der Waals surface area contributed by atoms with E-state index < -0.39 is 17.5 Å². The topological polar surface area (TPSA) is 21.3 Å². The normalized spacial score (nSPS) is 10.5. The zero-order valence-corrected chi connectivity index (χ0v) is 12.0. The highest BCUT2D eigenvalue weighted by Crippen LogP contribution is 2.28.